The number of likely N-dealkylation sites (tertiary alicyclic amines) is 1. The highest BCUT2D eigenvalue weighted by atomic mass is 16.5. The molecule has 1 atom stereocenters. The summed E-state index contributed by atoms with van der Waals surface area (Å²) in [6, 6.07) is 5.08. The number of imide groups is 1. The minimum Gasteiger partial charge on any atom is -0.480 e. The summed E-state index contributed by atoms with van der Waals surface area (Å²) >= 11 is 0. The number of fused-ring (bicyclic) bond motifs is 1. The lowest BCUT2D eigenvalue weighted by Crippen LogP contribution is -2.45. The van der Waals surface area contributed by atoms with E-state index in [2.05, 4.69) is 0 Å². The van der Waals surface area contributed by atoms with E-state index in [1.807, 2.05) is 18.2 Å². The van der Waals surface area contributed by atoms with Crippen LogP contribution in [0.3, 0.4) is 0 Å². The zero-order valence-electron chi connectivity index (χ0n) is 19.5. The summed E-state index contributed by atoms with van der Waals surface area (Å²) in [7, 11) is 3.14. The normalized spacial score (nSPS) is 16.5. The average Bonchev–Trinajstić information content (AvgIpc) is 3.05. The molecule has 1 aromatic carbocycles. The van der Waals surface area contributed by atoms with Crippen LogP contribution >= 0.6 is 0 Å². The number of imidazole rings is 1. The number of hydrogen-bond acceptors (Lipinski definition) is 7. The fraction of sp³-hybridized carbons (Fsp3) is 0.565. The number of nitrogens with zero attached hydrogens (tertiary/aromatic N) is 3. The number of benzene rings is 1. The maximum absolute atomic E-state index is 12.9. The summed E-state index contributed by atoms with van der Waals surface area (Å²) < 4.78 is 18.8. The molecule has 11 nitrogen and oxygen atoms in total. The number of piperidine rings is 1. The van der Waals surface area contributed by atoms with Gasteiger partial charge in [-0.3, -0.25) is 23.6 Å². The van der Waals surface area contributed by atoms with E-state index >= 15 is 0 Å². The van der Waals surface area contributed by atoms with Gasteiger partial charge in [0.05, 0.1) is 37.5 Å². The zero-order valence-corrected chi connectivity index (χ0v) is 19.5. The van der Waals surface area contributed by atoms with Gasteiger partial charge in [0.2, 0.25) is 5.91 Å². The van der Waals surface area contributed by atoms with Crippen LogP contribution in [0.1, 0.15) is 30.9 Å². The molecule has 3 rings (SSSR count). The minimum atomic E-state index is -1.01. The van der Waals surface area contributed by atoms with Gasteiger partial charge in [-0.05, 0) is 37.0 Å². The molecule has 1 aliphatic rings. The standard InChI is InChI=1S/C23H31N3O8/c1-24-19-14-16(4-3-9-32-10-11-33-12-13-34-15-21(28)29)5-6-17(19)26(23(24)31)18-7-8-20(27)25(2)22(18)30/h5-6,14,18H,3-4,7-13,15H2,1-2H3,(H,28,29). The molecule has 11 heteroatoms. The number of ether oxygens (including phenoxy) is 3. The Kier molecular flexibility index (Phi) is 8.97. The molecule has 1 aromatic heterocycles. The van der Waals surface area contributed by atoms with E-state index in [9.17, 15) is 19.2 Å². The van der Waals surface area contributed by atoms with E-state index in [1.165, 1.54) is 16.2 Å². The van der Waals surface area contributed by atoms with Gasteiger partial charge >= 0.3 is 11.7 Å². The topological polar surface area (TPSA) is 129 Å². The molecular formula is C23H31N3O8. The third-order valence-electron chi connectivity index (χ3n) is 5.81. The number of carboxylic acids is 1. The highest BCUT2D eigenvalue weighted by Crippen LogP contribution is 2.26. The second-order valence-electron chi connectivity index (χ2n) is 8.15. The maximum atomic E-state index is 12.9. The first-order valence-corrected chi connectivity index (χ1v) is 11.3. The van der Waals surface area contributed by atoms with Gasteiger partial charge in [0, 0.05) is 27.1 Å². The van der Waals surface area contributed by atoms with Gasteiger partial charge in [-0.2, -0.15) is 0 Å². The van der Waals surface area contributed by atoms with Crippen molar-refractivity contribution in [1.82, 2.24) is 14.0 Å². The summed E-state index contributed by atoms with van der Waals surface area (Å²) in [5.74, 6) is -1.59. The molecule has 0 spiro atoms. The summed E-state index contributed by atoms with van der Waals surface area (Å²) in [4.78, 5) is 48.8. The Labute approximate surface area is 196 Å². The minimum absolute atomic E-state index is 0.225. The van der Waals surface area contributed by atoms with Gasteiger partial charge in [0.25, 0.3) is 5.91 Å². The molecular weight excluding hydrogens is 446 g/mol. The lowest BCUT2D eigenvalue weighted by molar-refractivity contribution is -0.149. The first-order valence-electron chi connectivity index (χ1n) is 11.3. The van der Waals surface area contributed by atoms with Crippen LogP contribution in [-0.2, 0) is 42.1 Å². The van der Waals surface area contributed by atoms with E-state index in [0.29, 0.717) is 38.4 Å². The van der Waals surface area contributed by atoms with Gasteiger partial charge in [0.1, 0.15) is 12.6 Å². The lowest BCUT2D eigenvalue weighted by Gasteiger charge is -2.28. The van der Waals surface area contributed by atoms with Gasteiger partial charge in [-0.25, -0.2) is 9.59 Å². The van der Waals surface area contributed by atoms with Crippen LogP contribution in [0.15, 0.2) is 23.0 Å². The van der Waals surface area contributed by atoms with Crippen LogP contribution in [-0.4, -0.2) is 83.6 Å². The Hall–Kier alpha value is -3.02. The van der Waals surface area contributed by atoms with E-state index in [0.717, 1.165) is 28.8 Å². The molecule has 0 aliphatic carbocycles. The van der Waals surface area contributed by atoms with E-state index in [4.69, 9.17) is 19.3 Å². The molecule has 1 aliphatic heterocycles. The second kappa shape index (κ2) is 11.9. The zero-order chi connectivity index (χ0) is 24.7. The molecule has 2 aromatic rings. The van der Waals surface area contributed by atoms with E-state index < -0.39 is 12.0 Å². The molecule has 1 N–H and O–H groups in total. The second-order valence-corrected chi connectivity index (χ2v) is 8.15. The molecule has 186 valence electrons. The van der Waals surface area contributed by atoms with Crippen molar-refractivity contribution in [3.8, 4) is 0 Å². The third kappa shape index (κ3) is 6.10. The van der Waals surface area contributed by atoms with Crippen LogP contribution in [0.25, 0.3) is 11.0 Å². The quantitative estimate of drug-likeness (QED) is 0.330. The Morgan fingerprint density at radius 3 is 2.38 bits per heavy atom. The number of aliphatic carboxylic acids is 1. The molecule has 0 saturated carbocycles. The highest BCUT2D eigenvalue weighted by Gasteiger charge is 2.35. The van der Waals surface area contributed by atoms with Crippen LogP contribution in [0.4, 0.5) is 0 Å². The van der Waals surface area contributed by atoms with Crippen LogP contribution in [0.2, 0.25) is 0 Å². The molecule has 34 heavy (non-hydrogen) atoms. The van der Waals surface area contributed by atoms with Crippen molar-refractivity contribution in [1.29, 1.82) is 0 Å². The lowest BCUT2D eigenvalue weighted by atomic mass is 10.0. The molecule has 2 amide bonds. The van der Waals surface area contributed by atoms with Crippen LogP contribution in [0, 0.1) is 0 Å². The van der Waals surface area contributed by atoms with Gasteiger partial charge < -0.3 is 19.3 Å². The number of rotatable bonds is 13. The predicted molar refractivity (Wildman–Crippen MR) is 122 cm³/mol. The highest BCUT2D eigenvalue weighted by molar-refractivity contribution is 5.99. The Morgan fingerprint density at radius 2 is 1.68 bits per heavy atom. The molecule has 1 saturated heterocycles. The van der Waals surface area contributed by atoms with Crippen molar-refractivity contribution in [2.45, 2.75) is 31.7 Å². The van der Waals surface area contributed by atoms with Gasteiger partial charge in [0.15, 0.2) is 0 Å². The number of amides is 2. The largest absolute Gasteiger partial charge is 0.480 e. The number of carbonyl (C=O) groups excluding carboxylic acids is 2. The Morgan fingerprint density at radius 1 is 1.00 bits per heavy atom. The number of carboxylic acid groups (broad SMARTS) is 1. The number of aryl methyl sites for hydroxylation is 2. The number of carbonyl (C=O) groups is 3. The summed E-state index contributed by atoms with van der Waals surface area (Å²) in [6.45, 7) is 1.59. The Balaban J connectivity index is 1.48. The monoisotopic (exact) mass is 477 g/mol. The van der Waals surface area contributed by atoms with Gasteiger partial charge in [-0.15, -0.1) is 0 Å². The van der Waals surface area contributed by atoms with Crippen molar-refractivity contribution in [2.24, 2.45) is 7.05 Å². The number of likely N-dealkylation sites (N-methyl/N-ethyl adjacent to an activating group) is 1. The van der Waals surface area contributed by atoms with Crippen molar-refractivity contribution >= 4 is 28.8 Å². The number of aromatic nitrogens is 2. The summed E-state index contributed by atoms with van der Waals surface area (Å²) in [5.41, 5.74) is 2.20. The van der Waals surface area contributed by atoms with Crippen molar-refractivity contribution < 1.29 is 33.7 Å². The molecule has 0 bridgehead atoms. The third-order valence-corrected chi connectivity index (χ3v) is 5.81. The van der Waals surface area contributed by atoms with Crippen molar-refractivity contribution in [3.05, 3.63) is 34.2 Å². The SMILES string of the molecule is CN1C(=O)CCC(n2c(=O)n(C)c3cc(CCCOCCOCCOCC(=O)O)ccc32)C1=O. The Bertz CT molecular complexity index is 1090. The van der Waals surface area contributed by atoms with Crippen LogP contribution < -0.4 is 5.69 Å². The average molecular weight is 478 g/mol. The smallest absolute Gasteiger partial charge is 0.329 e. The number of hydrogen-bond donors (Lipinski definition) is 1. The molecule has 1 unspecified atom stereocenters. The maximum Gasteiger partial charge on any atom is 0.329 e. The first-order chi connectivity index (χ1) is 16.3. The van der Waals surface area contributed by atoms with E-state index in [1.54, 1.807) is 7.05 Å². The molecule has 0 radical (unpaired) electrons. The first kappa shape index (κ1) is 25.6. The van der Waals surface area contributed by atoms with Gasteiger partial charge in [-0.1, -0.05) is 6.07 Å². The summed E-state index contributed by atoms with van der Waals surface area (Å²) in [5, 5.41) is 8.45. The van der Waals surface area contributed by atoms with Crippen molar-refractivity contribution in [2.75, 3.05) is 46.7 Å². The predicted octanol–water partition coefficient (Wildman–Crippen LogP) is 0.727. The molecule has 1 fully saturated rings. The fourth-order valence-electron chi connectivity index (χ4n) is 3.98. The summed E-state index contributed by atoms with van der Waals surface area (Å²) in [6.07, 6.45) is 2.10. The van der Waals surface area contributed by atoms with Crippen LogP contribution in [0.5, 0.6) is 0 Å². The molecule has 2 heterocycles. The fourth-order valence-corrected chi connectivity index (χ4v) is 3.98. The van der Waals surface area contributed by atoms with E-state index in [-0.39, 0.29) is 37.1 Å². The van der Waals surface area contributed by atoms with Crippen molar-refractivity contribution in [3.63, 3.8) is 0 Å².